The van der Waals surface area contributed by atoms with E-state index in [-0.39, 0.29) is 11.0 Å². The van der Waals surface area contributed by atoms with Crippen molar-refractivity contribution in [3.63, 3.8) is 0 Å². The standard InChI is InChI=1S/C23H27N3O2/c1-3-25(4-2)13-12-17-10-11-19-21(14-17)26(15-18-8-6-5-7-9-18)16-20(22(19)27)23(24)28/h5-11,14,16H,3-4,12-13,15H2,1-2H3,(H2,24,28). The largest absolute Gasteiger partial charge is 0.365 e. The van der Waals surface area contributed by atoms with Crippen LogP contribution < -0.4 is 11.2 Å². The Hall–Kier alpha value is -2.92. The molecule has 0 saturated heterocycles. The minimum atomic E-state index is -0.695. The molecule has 0 atom stereocenters. The van der Waals surface area contributed by atoms with E-state index in [2.05, 4.69) is 24.8 Å². The predicted octanol–water partition coefficient (Wildman–Crippen LogP) is 3.03. The molecular weight excluding hydrogens is 350 g/mol. The van der Waals surface area contributed by atoms with Gasteiger partial charge < -0.3 is 15.2 Å². The predicted molar refractivity (Wildman–Crippen MR) is 114 cm³/mol. The summed E-state index contributed by atoms with van der Waals surface area (Å²) < 4.78 is 1.95. The molecule has 0 bridgehead atoms. The van der Waals surface area contributed by atoms with Crippen LogP contribution in [-0.4, -0.2) is 35.0 Å². The number of hydrogen-bond acceptors (Lipinski definition) is 3. The van der Waals surface area contributed by atoms with Crippen molar-refractivity contribution < 1.29 is 4.79 Å². The number of carbonyl (C=O) groups is 1. The lowest BCUT2D eigenvalue weighted by molar-refractivity contribution is 0.0999. The van der Waals surface area contributed by atoms with Gasteiger partial charge in [-0.1, -0.05) is 50.2 Å². The van der Waals surface area contributed by atoms with Gasteiger partial charge >= 0.3 is 0 Å². The van der Waals surface area contributed by atoms with Crippen LogP contribution in [0, 0.1) is 0 Å². The van der Waals surface area contributed by atoms with E-state index in [1.165, 1.54) is 5.56 Å². The minimum Gasteiger partial charge on any atom is -0.365 e. The van der Waals surface area contributed by atoms with Crippen molar-refractivity contribution in [3.05, 3.63) is 81.6 Å². The number of fused-ring (bicyclic) bond motifs is 1. The Bertz CT molecular complexity index is 1020. The summed E-state index contributed by atoms with van der Waals surface area (Å²) in [4.78, 5) is 26.9. The first kappa shape index (κ1) is 19.8. The highest BCUT2D eigenvalue weighted by atomic mass is 16.2. The smallest absolute Gasteiger partial charge is 0.254 e. The molecular formula is C23H27N3O2. The monoisotopic (exact) mass is 377 g/mol. The first-order valence-corrected chi connectivity index (χ1v) is 9.75. The molecule has 0 unspecified atom stereocenters. The molecule has 28 heavy (non-hydrogen) atoms. The van der Waals surface area contributed by atoms with Crippen LogP contribution in [0.15, 0.2) is 59.5 Å². The summed E-state index contributed by atoms with van der Waals surface area (Å²) in [6.45, 7) is 7.90. The van der Waals surface area contributed by atoms with Crippen molar-refractivity contribution in [2.75, 3.05) is 19.6 Å². The van der Waals surface area contributed by atoms with Crippen molar-refractivity contribution in [2.45, 2.75) is 26.8 Å². The second-order valence-electron chi connectivity index (χ2n) is 6.98. The van der Waals surface area contributed by atoms with E-state index >= 15 is 0 Å². The van der Waals surface area contributed by atoms with E-state index in [0.717, 1.165) is 37.1 Å². The zero-order chi connectivity index (χ0) is 20.1. The summed E-state index contributed by atoms with van der Waals surface area (Å²) >= 11 is 0. The Morgan fingerprint density at radius 3 is 2.39 bits per heavy atom. The lowest BCUT2D eigenvalue weighted by Gasteiger charge is -2.18. The van der Waals surface area contributed by atoms with Crippen LogP contribution in [0.4, 0.5) is 0 Å². The maximum Gasteiger partial charge on any atom is 0.254 e. The van der Waals surface area contributed by atoms with Gasteiger partial charge in [-0.3, -0.25) is 9.59 Å². The number of aromatic nitrogens is 1. The molecule has 0 radical (unpaired) electrons. The van der Waals surface area contributed by atoms with Crippen molar-refractivity contribution in [2.24, 2.45) is 5.73 Å². The fourth-order valence-electron chi connectivity index (χ4n) is 3.50. The van der Waals surface area contributed by atoms with Gasteiger partial charge in [-0.15, -0.1) is 0 Å². The molecule has 0 spiro atoms. The summed E-state index contributed by atoms with van der Waals surface area (Å²) in [5, 5.41) is 0.527. The Balaban J connectivity index is 2.06. The molecule has 1 heterocycles. The molecule has 3 rings (SSSR count). The van der Waals surface area contributed by atoms with Crippen molar-refractivity contribution >= 4 is 16.8 Å². The van der Waals surface area contributed by atoms with Crippen molar-refractivity contribution in [1.29, 1.82) is 0 Å². The molecule has 2 N–H and O–H groups in total. The molecule has 0 fully saturated rings. The van der Waals surface area contributed by atoms with Gasteiger partial charge in [-0.05, 0) is 42.8 Å². The molecule has 0 aliphatic carbocycles. The lowest BCUT2D eigenvalue weighted by Crippen LogP contribution is -2.26. The van der Waals surface area contributed by atoms with Crippen LogP contribution in [0.3, 0.4) is 0 Å². The SMILES string of the molecule is CCN(CC)CCc1ccc2c(=O)c(C(N)=O)cn(Cc3ccccc3)c2c1. The van der Waals surface area contributed by atoms with Gasteiger partial charge in [0.15, 0.2) is 0 Å². The number of pyridine rings is 1. The minimum absolute atomic E-state index is 0.0272. The molecule has 0 aliphatic rings. The first-order valence-electron chi connectivity index (χ1n) is 9.75. The lowest BCUT2D eigenvalue weighted by atomic mass is 10.1. The van der Waals surface area contributed by atoms with Crippen molar-refractivity contribution in [1.82, 2.24) is 9.47 Å². The molecule has 5 nitrogen and oxygen atoms in total. The van der Waals surface area contributed by atoms with Crippen LogP contribution in [0.5, 0.6) is 0 Å². The number of amides is 1. The fraction of sp³-hybridized carbons (Fsp3) is 0.304. The highest BCUT2D eigenvalue weighted by Crippen LogP contribution is 2.17. The quantitative estimate of drug-likeness (QED) is 0.656. The Morgan fingerprint density at radius 2 is 1.75 bits per heavy atom. The molecule has 3 aromatic rings. The number of nitrogens with zero attached hydrogens (tertiary/aromatic N) is 2. The third-order valence-electron chi connectivity index (χ3n) is 5.22. The Labute approximate surface area is 165 Å². The zero-order valence-corrected chi connectivity index (χ0v) is 16.5. The van der Waals surface area contributed by atoms with Crippen LogP contribution in [0.1, 0.15) is 35.3 Å². The average molecular weight is 377 g/mol. The van der Waals surface area contributed by atoms with Crippen LogP contribution >= 0.6 is 0 Å². The first-order chi connectivity index (χ1) is 13.5. The normalized spacial score (nSPS) is 11.2. The summed E-state index contributed by atoms with van der Waals surface area (Å²) in [5.74, 6) is -0.695. The molecule has 146 valence electrons. The second-order valence-corrected chi connectivity index (χ2v) is 6.98. The number of hydrogen-bond donors (Lipinski definition) is 1. The van der Waals surface area contributed by atoms with Gasteiger partial charge in [0, 0.05) is 24.7 Å². The number of primary amides is 1. The van der Waals surface area contributed by atoms with Crippen LogP contribution in [0.2, 0.25) is 0 Å². The topological polar surface area (TPSA) is 68.3 Å². The van der Waals surface area contributed by atoms with Crippen molar-refractivity contribution in [3.8, 4) is 0 Å². The van der Waals surface area contributed by atoms with E-state index in [1.807, 2.05) is 47.0 Å². The number of rotatable bonds is 8. The zero-order valence-electron chi connectivity index (χ0n) is 16.5. The number of benzene rings is 2. The van der Waals surface area contributed by atoms with E-state index < -0.39 is 5.91 Å². The highest BCUT2D eigenvalue weighted by molar-refractivity contribution is 5.96. The maximum atomic E-state index is 12.7. The van der Waals surface area contributed by atoms with E-state index in [9.17, 15) is 9.59 Å². The summed E-state index contributed by atoms with van der Waals surface area (Å²) in [7, 11) is 0. The molecule has 1 aromatic heterocycles. The molecule has 0 saturated carbocycles. The second kappa shape index (κ2) is 8.85. The number of nitrogens with two attached hydrogens (primary N) is 1. The summed E-state index contributed by atoms with van der Waals surface area (Å²) in [5.41, 5.74) is 8.27. The van der Waals surface area contributed by atoms with Gasteiger partial charge in [0.05, 0.1) is 5.52 Å². The molecule has 1 amide bonds. The van der Waals surface area contributed by atoms with Gasteiger partial charge in [-0.2, -0.15) is 0 Å². The molecule has 5 heteroatoms. The maximum absolute atomic E-state index is 12.7. The number of likely N-dealkylation sites (N-methyl/N-ethyl adjacent to an activating group) is 1. The highest BCUT2D eigenvalue weighted by Gasteiger charge is 2.14. The Morgan fingerprint density at radius 1 is 1.04 bits per heavy atom. The van der Waals surface area contributed by atoms with Gasteiger partial charge in [0.1, 0.15) is 5.56 Å². The third kappa shape index (κ3) is 4.31. The summed E-state index contributed by atoms with van der Waals surface area (Å²) in [6.07, 6.45) is 2.50. The Kier molecular flexibility index (Phi) is 6.26. The fourth-order valence-corrected chi connectivity index (χ4v) is 3.50. The average Bonchev–Trinajstić information content (AvgIpc) is 2.71. The molecule has 2 aromatic carbocycles. The van der Waals surface area contributed by atoms with Gasteiger partial charge in [-0.25, -0.2) is 0 Å². The summed E-state index contributed by atoms with van der Waals surface area (Å²) in [6, 6.07) is 15.8. The molecule has 0 aliphatic heterocycles. The van der Waals surface area contributed by atoms with Crippen LogP contribution in [-0.2, 0) is 13.0 Å². The third-order valence-corrected chi connectivity index (χ3v) is 5.22. The number of carbonyl (C=O) groups excluding carboxylic acids is 1. The van der Waals surface area contributed by atoms with Crippen LogP contribution in [0.25, 0.3) is 10.9 Å². The van der Waals surface area contributed by atoms with Gasteiger partial charge in [0.25, 0.3) is 5.91 Å². The van der Waals surface area contributed by atoms with E-state index in [4.69, 9.17) is 5.73 Å². The van der Waals surface area contributed by atoms with E-state index in [1.54, 1.807) is 6.20 Å². The van der Waals surface area contributed by atoms with E-state index in [0.29, 0.717) is 11.9 Å². The van der Waals surface area contributed by atoms with Gasteiger partial charge in [0.2, 0.25) is 5.43 Å².